The van der Waals surface area contributed by atoms with Gasteiger partial charge in [-0.1, -0.05) is 24.3 Å². The number of hydrogen-bond donors (Lipinski definition) is 6. The highest BCUT2D eigenvalue weighted by molar-refractivity contribution is 5.93. The predicted octanol–water partition coefficient (Wildman–Crippen LogP) is 1.55. The average Bonchev–Trinajstić information content (AvgIpc) is 3.37. The summed E-state index contributed by atoms with van der Waals surface area (Å²) in [5.41, 5.74) is 6.16. The largest absolute Gasteiger partial charge is 0.508 e. The number of phenolic OH excluding ortho intramolecular Hbond substituents is 2. The fourth-order valence-corrected chi connectivity index (χ4v) is 4.58. The molecule has 1 heterocycles. The number of amides is 2. The third-order valence-electron chi connectivity index (χ3n) is 6.79. The lowest BCUT2D eigenvalue weighted by atomic mass is 9.90. The number of aryl methyl sites for hydroxylation is 1. The van der Waals surface area contributed by atoms with E-state index in [4.69, 9.17) is 5.73 Å². The second-order valence-corrected chi connectivity index (χ2v) is 9.94. The van der Waals surface area contributed by atoms with Crippen molar-refractivity contribution in [2.75, 3.05) is 19.6 Å². The Labute approximate surface area is 217 Å². The van der Waals surface area contributed by atoms with Crippen molar-refractivity contribution in [1.82, 2.24) is 16.0 Å². The molecule has 200 valence electrons. The minimum absolute atomic E-state index is 0.118. The molecule has 9 heteroatoms. The van der Waals surface area contributed by atoms with Crippen LogP contribution in [-0.2, 0) is 27.2 Å². The lowest BCUT2D eigenvalue weighted by Crippen LogP contribution is -2.61. The molecular formula is C28H38N4O5. The van der Waals surface area contributed by atoms with Crippen LogP contribution in [0.15, 0.2) is 48.5 Å². The molecule has 0 aliphatic carbocycles. The van der Waals surface area contributed by atoms with Crippen LogP contribution in [0, 0.1) is 5.92 Å². The standard InChI is InChI=1S/C28H38N4O5/c1-28(27(37)30-15-3-14-29,17-20-8-12-23(34)13-9-20)32-26(36)24-16-21(18-31-24)25(35)5-2-4-19-6-10-22(33)11-7-19/h6-13,21,24,31,33-34H,2-5,14-18,29H2,1H3,(H,30,37)(H,32,36)/t21?,24-,28-/m0/s1. The lowest BCUT2D eigenvalue weighted by Gasteiger charge is -2.31. The number of nitrogens with two attached hydrogens (primary N) is 1. The van der Waals surface area contributed by atoms with E-state index >= 15 is 0 Å². The van der Waals surface area contributed by atoms with Gasteiger partial charge >= 0.3 is 0 Å². The summed E-state index contributed by atoms with van der Waals surface area (Å²) in [6.07, 6.45) is 3.10. The maximum atomic E-state index is 13.2. The molecule has 2 aromatic rings. The fourth-order valence-electron chi connectivity index (χ4n) is 4.58. The Hall–Kier alpha value is -3.43. The maximum absolute atomic E-state index is 13.2. The monoisotopic (exact) mass is 510 g/mol. The summed E-state index contributed by atoms with van der Waals surface area (Å²) in [4.78, 5) is 39.0. The van der Waals surface area contributed by atoms with Crippen molar-refractivity contribution in [1.29, 1.82) is 0 Å². The number of Topliss-reactive ketones (excluding diaryl/α,β-unsaturated/α-hetero) is 1. The van der Waals surface area contributed by atoms with Crippen molar-refractivity contribution in [3.63, 3.8) is 0 Å². The van der Waals surface area contributed by atoms with Gasteiger partial charge in [0.15, 0.2) is 0 Å². The molecule has 1 unspecified atom stereocenters. The summed E-state index contributed by atoms with van der Waals surface area (Å²) in [6.45, 7) is 2.94. The molecule has 0 saturated carbocycles. The van der Waals surface area contributed by atoms with E-state index in [-0.39, 0.29) is 41.4 Å². The van der Waals surface area contributed by atoms with Crippen LogP contribution in [0.25, 0.3) is 0 Å². The van der Waals surface area contributed by atoms with Gasteiger partial charge in [0.25, 0.3) is 0 Å². The molecule has 2 aromatic carbocycles. The third-order valence-corrected chi connectivity index (χ3v) is 6.79. The van der Waals surface area contributed by atoms with E-state index in [2.05, 4.69) is 16.0 Å². The highest BCUT2D eigenvalue weighted by Gasteiger charge is 2.39. The van der Waals surface area contributed by atoms with Crippen LogP contribution in [0.2, 0.25) is 0 Å². The minimum atomic E-state index is -1.23. The first-order valence-corrected chi connectivity index (χ1v) is 12.8. The van der Waals surface area contributed by atoms with Gasteiger partial charge in [0.05, 0.1) is 6.04 Å². The molecule has 0 aromatic heterocycles. The van der Waals surface area contributed by atoms with Gasteiger partial charge in [-0.3, -0.25) is 14.4 Å². The summed E-state index contributed by atoms with van der Waals surface area (Å²) in [6, 6.07) is 12.9. The number of ketones is 1. The summed E-state index contributed by atoms with van der Waals surface area (Å²) in [5, 5.41) is 27.9. The number of hydrogen-bond acceptors (Lipinski definition) is 7. The van der Waals surface area contributed by atoms with Crippen molar-refractivity contribution >= 4 is 17.6 Å². The smallest absolute Gasteiger partial charge is 0.245 e. The van der Waals surface area contributed by atoms with Gasteiger partial charge in [0, 0.05) is 31.8 Å². The first-order valence-electron chi connectivity index (χ1n) is 12.8. The molecule has 0 bridgehead atoms. The molecule has 2 amide bonds. The number of nitrogens with one attached hydrogen (secondary N) is 3. The maximum Gasteiger partial charge on any atom is 0.245 e. The number of carbonyl (C=O) groups is 3. The lowest BCUT2D eigenvalue weighted by molar-refractivity contribution is -0.133. The highest BCUT2D eigenvalue weighted by Crippen LogP contribution is 2.21. The van der Waals surface area contributed by atoms with Crippen LogP contribution in [0.5, 0.6) is 11.5 Å². The van der Waals surface area contributed by atoms with Crippen LogP contribution in [0.3, 0.4) is 0 Å². The quantitative estimate of drug-likeness (QED) is 0.224. The topological polar surface area (TPSA) is 154 Å². The molecule has 0 radical (unpaired) electrons. The Bertz CT molecular complexity index is 1060. The summed E-state index contributed by atoms with van der Waals surface area (Å²) < 4.78 is 0. The molecule has 1 aliphatic heterocycles. The van der Waals surface area contributed by atoms with Gasteiger partial charge < -0.3 is 31.9 Å². The van der Waals surface area contributed by atoms with E-state index in [0.717, 1.165) is 17.5 Å². The Morgan fingerprint density at radius 2 is 1.62 bits per heavy atom. The van der Waals surface area contributed by atoms with E-state index in [1.807, 2.05) is 12.1 Å². The van der Waals surface area contributed by atoms with Crippen molar-refractivity contribution < 1.29 is 24.6 Å². The highest BCUT2D eigenvalue weighted by atomic mass is 16.3. The van der Waals surface area contributed by atoms with E-state index in [9.17, 15) is 24.6 Å². The van der Waals surface area contributed by atoms with Crippen LogP contribution >= 0.6 is 0 Å². The van der Waals surface area contributed by atoms with Crippen molar-refractivity contribution in [2.24, 2.45) is 11.7 Å². The normalized spacial score (nSPS) is 18.6. The second kappa shape index (κ2) is 13.2. The van der Waals surface area contributed by atoms with Gasteiger partial charge in [0.2, 0.25) is 11.8 Å². The molecule has 9 nitrogen and oxygen atoms in total. The Kier molecular flexibility index (Phi) is 10.0. The van der Waals surface area contributed by atoms with E-state index in [1.54, 1.807) is 43.3 Å². The Morgan fingerprint density at radius 1 is 1.00 bits per heavy atom. The zero-order valence-electron chi connectivity index (χ0n) is 21.3. The molecule has 7 N–H and O–H groups in total. The third kappa shape index (κ3) is 8.30. The van der Waals surface area contributed by atoms with Gasteiger partial charge in [-0.05, 0) is 74.5 Å². The Balaban J connectivity index is 1.56. The fraction of sp³-hybridized carbons (Fsp3) is 0.464. The number of phenols is 2. The first kappa shape index (κ1) is 28.1. The van der Waals surface area contributed by atoms with Gasteiger partial charge in [0.1, 0.15) is 22.8 Å². The van der Waals surface area contributed by atoms with Crippen molar-refractivity contribution in [2.45, 2.75) is 57.0 Å². The zero-order valence-corrected chi connectivity index (χ0v) is 21.3. The predicted molar refractivity (Wildman–Crippen MR) is 141 cm³/mol. The molecule has 1 aliphatic rings. The molecule has 1 fully saturated rings. The van der Waals surface area contributed by atoms with Crippen LogP contribution in [-0.4, -0.2) is 59.0 Å². The SMILES string of the molecule is C[C@@](Cc1ccc(O)cc1)(NC(=O)[C@@H]1CC(C(=O)CCCc2ccc(O)cc2)CN1)C(=O)NCCCN. The van der Waals surface area contributed by atoms with Crippen LogP contribution < -0.4 is 21.7 Å². The number of benzene rings is 2. The molecule has 37 heavy (non-hydrogen) atoms. The van der Waals surface area contributed by atoms with E-state index in [1.165, 1.54) is 0 Å². The first-order chi connectivity index (χ1) is 17.7. The van der Waals surface area contributed by atoms with Gasteiger partial charge in [-0.15, -0.1) is 0 Å². The number of aromatic hydroxyl groups is 2. The molecular weight excluding hydrogens is 472 g/mol. The van der Waals surface area contributed by atoms with Gasteiger partial charge in [-0.2, -0.15) is 0 Å². The summed E-state index contributed by atoms with van der Waals surface area (Å²) in [7, 11) is 0. The van der Waals surface area contributed by atoms with Crippen LogP contribution in [0.4, 0.5) is 0 Å². The van der Waals surface area contributed by atoms with E-state index in [0.29, 0.717) is 45.3 Å². The van der Waals surface area contributed by atoms with Crippen molar-refractivity contribution in [3.8, 4) is 11.5 Å². The zero-order chi connectivity index (χ0) is 26.8. The summed E-state index contributed by atoms with van der Waals surface area (Å²) >= 11 is 0. The minimum Gasteiger partial charge on any atom is -0.508 e. The molecule has 1 saturated heterocycles. The number of rotatable bonds is 13. The molecule has 3 atom stereocenters. The molecule has 3 rings (SSSR count). The van der Waals surface area contributed by atoms with E-state index < -0.39 is 11.6 Å². The summed E-state index contributed by atoms with van der Waals surface area (Å²) in [5.74, 6) is -0.439. The average molecular weight is 511 g/mol. The molecule has 0 spiro atoms. The number of carbonyl (C=O) groups excluding carboxylic acids is 3. The second-order valence-electron chi connectivity index (χ2n) is 9.94. The van der Waals surface area contributed by atoms with Crippen molar-refractivity contribution in [3.05, 3.63) is 59.7 Å². The Morgan fingerprint density at radius 3 is 2.24 bits per heavy atom. The van der Waals surface area contributed by atoms with Gasteiger partial charge in [-0.25, -0.2) is 0 Å². The van der Waals surface area contributed by atoms with Crippen LogP contribution in [0.1, 0.15) is 43.7 Å².